The third kappa shape index (κ3) is 4.00. The molecule has 0 N–H and O–H groups in total. The van der Waals surface area contributed by atoms with Crippen molar-refractivity contribution in [2.45, 2.75) is 12.8 Å². The minimum absolute atomic E-state index is 0.409. The van der Waals surface area contributed by atoms with Crippen LogP contribution in [0.4, 0.5) is 0 Å². The quantitative estimate of drug-likeness (QED) is 0.0978. The van der Waals surface area contributed by atoms with Gasteiger partial charge in [0.1, 0.15) is 0 Å². The summed E-state index contributed by atoms with van der Waals surface area (Å²) in [5, 5.41) is 7.83. The molecule has 0 saturated heterocycles. The summed E-state index contributed by atoms with van der Waals surface area (Å²) >= 11 is 1.88. The molecule has 176 valence electrons. The molecule has 6 aromatic rings. The molecular formula is C32H24O3S. The number of para-hydroxylation sites is 2. The molecule has 6 rings (SSSR count). The highest BCUT2D eigenvalue weighted by atomic mass is 32.1. The Kier molecular flexibility index (Phi) is 5.88. The van der Waals surface area contributed by atoms with Gasteiger partial charge in [0.15, 0.2) is 11.5 Å². The van der Waals surface area contributed by atoms with Gasteiger partial charge < -0.3 is 9.47 Å². The Morgan fingerprint density at radius 3 is 2.31 bits per heavy atom. The molecule has 0 atom stereocenters. The molecule has 0 spiro atoms. The van der Waals surface area contributed by atoms with Crippen LogP contribution in [-0.4, -0.2) is 12.6 Å². The second-order valence-electron chi connectivity index (χ2n) is 8.75. The van der Waals surface area contributed by atoms with Gasteiger partial charge in [-0.15, -0.1) is 11.3 Å². The number of carbonyl (C=O) groups is 1. The normalized spacial score (nSPS) is 11.3. The number of fused-ring (bicyclic) bond motifs is 7. The van der Waals surface area contributed by atoms with E-state index in [0.717, 1.165) is 18.9 Å². The van der Waals surface area contributed by atoms with Gasteiger partial charge >= 0.3 is 5.97 Å². The summed E-state index contributed by atoms with van der Waals surface area (Å²) in [6, 6.07) is 31.3. The SMILES string of the molecule is C=CC(=O)Oc1ccccc1OCCCc1cc2ccccc2c2c1sc1ccc3ccccc3c12. The predicted octanol–water partition coefficient (Wildman–Crippen LogP) is 8.46. The fourth-order valence-electron chi connectivity index (χ4n) is 4.89. The zero-order valence-electron chi connectivity index (χ0n) is 19.7. The van der Waals surface area contributed by atoms with Crippen LogP contribution in [0.5, 0.6) is 11.5 Å². The zero-order valence-corrected chi connectivity index (χ0v) is 20.5. The molecule has 36 heavy (non-hydrogen) atoms. The number of benzene rings is 5. The van der Waals surface area contributed by atoms with Crippen LogP contribution in [0.3, 0.4) is 0 Å². The first-order valence-electron chi connectivity index (χ1n) is 12.0. The molecule has 0 radical (unpaired) electrons. The molecule has 1 heterocycles. The van der Waals surface area contributed by atoms with E-state index in [1.807, 2.05) is 29.5 Å². The van der Waals surface area contributed by atoms with Crippen LogP contribution in [0, 0.1) is 0 Å². The third-order valence-corrected chi connectivity index (χ3v) is 7.74. The number of carbonyl (C=O) groups excluding carboxylic acids is 1. The predicted molar refractivity (Wildman–Crippen MR) is 150 cm³/mol. The van der Waals surface area contributed by atoms with E-state index in [-0.39, 0.29) is 0 Å². The monoisotopic (exact) mass is 488 g/mol. The van der Waals surface area contributed by atoms with E-state index < -0.39 is 5.97 Å². The van der Waals surface area contributed by atoms with Crippen molar-refractivity contribution < 1.29 is 14.3 Å². The van der Waals surface area contributed by atoms with Gasteiger partial charge in [0, 0.05) is 26.2 Å². The van der Waals surface area contributed by atoms with Crippen molar-refractivity contribution in [2.24, 2.45) is 0 Å². The van der Waals surface area contributed by atoms with Crippen molar-refractivity contribution in [1.82, 2.24) is 0 Å². The van der Waals surface area contributed by atoms with E-state index >= 15 is 0 Å². The third-order valence-electron chi connectivity index (χ3n) is 6.51. The minimum atomic E-state index is -0.498. The largest absolute Gasteiger partial charge is 0.490 e. The summed E-state index contributed by atoms with van der Waals surface area (Å²) in [6.45, 7) is 3.98. The average molecular weight is 489 g/mol. The fraction of sp³-hybridized carbons (Fsp3) is 0.0938. The summed E-state index contributed by atoms with van der Waals surface area (Å²) in [5.41, 5.74) is 1.34. The van der Waals surface area contributed by atoms with Gasteiger partial charge in [0.05, 0.1) is 6.61 Å². The number of esters is 1. The molecule has 3 nitrogen and oxygen atoms in total. The Bertz CT molecular complexity index is 1760. The topological polar surface area (TPSA) is 35.5 Å². The summed E-state index contributed by atoms with van der Waals surface area (Å²) in [4.78, 5) is 11.6. The van der Waals surface area contributed by atoms with Crippen LogP contribution in [-0.2, 0) is 11.2 Å². The zero-order chi connectivity index (χ0) is 24.5. The van der Waals surface area contributed by atoms with Crippen LogP contribution in [0.1, 0.15) is 12.0 Å². The lowest BCUT2D eigenvalue weighted by atomic mass is 9.96. The smallest absolute Gasteiger partial charge is 0.335 e. The molecule has 1 aromatic heterocycles. The van der Waals surface area contributed by atoms with E-state index in [9.17, 15) is 4.79 Å². The second kappa shape index (κ2) is 9.48. The number of aryl methyl sites for hydroxylation is 1. The maximum atomic E-state index is 11.6. The number of thiophene rings is 1. The van der Waals surface area contributed by atoms with Gasteiger partial charge in [-0.05, 0) is 64.2 Å². The summed E-state index contributed by atoms with van der Waals surface area (Å²) in [7, 11) is 0. The summed E-state index contributed by atoms with van der Waals surface area (Å²) < 4.78 is 14.0. The first-order chi connectivity index (χ1) is 17.7. The van der Waals surface area contributed by atoms with Crippen LogP contribution in [0.15, 0.2) is 104 Å². The Hall–Kier alpha value is -4.15. The van der Waals surface area contributed by atoms with Crippen LogP contribution < -0.4 is 9.47 Å². The first-order valence-corrected chi connectivity index (χ1v) is 12.9. The van der Waals surface area contributed by atoms with Crippen molar-refractivity contribution in [2.75, 3.05) is 6.61 Å². The molecule has 0 aliphatic rings. The van der Waals surface area contributed by atoms with Crippen molar-refractivity contribution in [3.63, 3.8) is 0 Å². The maximum Gasteiger partial charge on any atom is 0.335 e. The van der Waals surface area contributed by atoms with Crippen molar-refractivity contribution >= 4 is 59.0 Å². The number of hydrogen-bond acceptors (Lipinski definition) is 4. The molecule has 4 heteroatoms. The number of ether oxygens (including phenoxy) is 2. The molecule has 0 aliphatic carbocycles. The van der Waals surface area contributed by atoms with Crippen molar-refractivity contribution in [1.29, 1.82) is 0 Å². The molecule has 0 unspecified atom stereocenters. The van der Waals surface area contributed by atoms with Crippen LogP contribution in [0.25, 0.3) is 41.7 Å². The number of hydrogen-bond donors (Lipinski definition) is 0. The Morgan fingerprint density at radius 1 is 0.806 bits per heavy atom. The highest BCUT2D eigenvalue weighted by Gasteiger charge is 2.15. The van der Waals surface area contributed by atoms with Gasteiger partial charge in [0.25, 0.3) is 0 Å². The Labute approximate surface area is 213 Å². The van der Waals surface area contributed by atoms with Crippen molar-refractivity contribution in [3.05, 3.63) is 109 Å². The molecule has 0 amide bonds. The summed E-state index contributed by atoms with van der Waals surface area (Å²) in [5.74, 6) is 0.471. The average Bonchev–Trinajstić information content (AvgIpc) is 3.32. The standard InChI is InChI=1S/C32H24O3S/c1-2-29(33)35-27-16-8-7-15-26(27)34-19-9-12-23-20-22-11-4-6-14-25(22)31-30-24-13-5-3-10-21(24)17-18-28(30)36-32(23)31/h2-8,10-11,13-18,20H,1,9,12,19H2. The lowest BCUT2D eigenvalue weighted by Crippen LogP contribution is -2.06. The van der Waals surface area contributed by atoms with Gasteiger partial charge in [-0.1, -0.05) is 73.3 Å². The van der Waals surface area contributed by atoms with Crippen molar-refractivity contribution in [3.8, 4) is 11.5 Å². The molecule has 5 aromatic carbocycles. The summed E-state index contributed by atoms with van der Waals surface area (Å²) in [6.07, 6.45) is 2.88. The highest BCUT2D eigenvalue weighted by Crippen LogP contribution is 2.44. The van der Waals surface area contributed by atoms with Crippen LogP contribution >= 0.6 is 11.3 Å². The minimum Gasteiger partial charge on any atom is -0.490 e. The van der Waals surface area contributed by atoms with E-state index in [0.29, 0.717) is 18.1 Å². The number of rotatable bonds is 7. The Morgan fingerprint density at radius 2 is 1.50 bits per heavy atom. The lowest BCUT2D eigenvalue weighted by Gasteiger charge is -2.11. The molecule has 0 fully saturated rings. The lowest BCUT2D eigenvalue weighted by molar-refractivity contribution is -0.129. The van der Waals surface area contributed by atoms with Gasteiger partial charge in [-0.25, -0.2) is 4.79 Å². The molecule has 0 saturated carbocycles. The van der Waals surface area contributed by atoms with Gasteiger partial charge in [-0.3, -0.25) is 0 Å². The Balaban J connectivity index is 1.34. The molecular weight excluding hydrogens is 464 g/mol. The first kappa shape index (κ1) is 22.3. The fourth-order valence-corrected chi connectivity index (χ4v) is 6.17. The van der Waals surface area contributed by atoms with E-state index in [1.165, 1.54) is 47.3 Å². The molecule has 0 bridgehead atoms. The van der Waals surface area contributed by atoms with E-state index in [1.54, 1.807) is 6.07 Å². The maximum absolute atomic E-state index is 11.6. The van der Waals surface area contributed by atoms with Gasteiger partial charge in [-0.2, -0.15) is 0 Å². The van der Waals surface area contributed by atoms with Gasteiger partial charge in [0.2, 0.25) is 0 Å². The molecule has 0 aliphatic heterocycles. The second-order valence-corrected chi connectivity index (χ2v) is 9.80. The van der Waals surface area contributed by atoms with Crippen LogP contribution in [0.2, 0.25) is 0 Å². The van der Waals surface area contributed by atoms with E-state index in [4.69, 9.17) is 9.47 Å². The highest BCUT2D eigenvalue weighted by molar-refractivity contribution is 7.26. The van der Waals surface area contributed by atoms with E-state index in [2.05, 4.69) is 73.3 Å².